The molecule has 85 heavy (non-hydrogen) atoms. The Labute approximate surface area is 502 Å². The van der Waals surface area contributed by atoms with Gasteiger partial charge in [-0.3, -0.25) is 4.90 Å². The van der Waals surface area contributed by atoms with Crippen LogP contribution in [-0.2, 0) is 27.1 Å². The molecular formula is C80H77N3O2. The predicted octanol–water partition coefficient (Wildman–Crippen LogP) is 23.5. The highest BCUT2D eigenvalue weighted by Gasteiger charge is 2.41. The first-order chi connectivity index (χ1) is 40.3. The Kier molecular flexibility index (Phi) is 12.0. The number of aromatic nitrogens is 1. The molecule has 2 aliphatic heterocycles. The van der Waals surface area contributed by atoms with Crippen LogP contribution >= 0.6 is 0 Å². The van der Waals surface area contributed by atoms with E-state index in [-0.39, 0.29) is 27.1 Å². The van der Waals surface area contributed by atoms with Crippen LogP contribution in [0.4, 0.5) is 34.1 Å². The van der Waals surface area contributed by atoms with Gasteiger partial charge in [-0.2, -0.15) is 0 Å². The third-order valence-electron chi connectivity index (χ3n) is 18.0. The summed E-state index contributed by atoms with van der Waals surface area (Å²) < 4.78 is 17.1. The van der Waals surface area contributed by atoms with Gasteiger partial charge in [0.2, 0.25) is 0 Å². The van der Waals surface area contributed by atoms with Gasteiger partial charge >= 0.3 is 0 Å². The van der Waals surface area contributed by atoms with Gasteiger partial charge in [-0.15, -0.1) is 0 Å². The van der Waals surface area contributed by atoms with E-state index in [1.54, 1.807) is 0 Å². The standard InChI is InChI=1S/C80H77N3O2/c1-76(2,3)52-31-34-62-60(42-52)61-43-53(77(4,5)6)32-35-63(61)81(62)57-45-67-75-71(46-57)85-69-37-30-50(51-38-55(79(10,11)12)41-56(39-51)80(13,14)15)40-66(69)82(75)64-36-33-54(78(7,8)9)44-65(64)83(67)74-59(48-24-18-16-19-25-48)47-70-73(58-28-22-23-29-68(58)84-70)72(74)49-26-20-17-21-27-49/h16-47H,1-15H3. The SMILES string of the molecule is CC(C)(C)c1cc(-c2ccc3c(c2)N2c4ccc(C(C)(C)C)cc4N(c4c(-c5ccccc5)cc5oc6ccccc6c5c4-c4ccccc4)c4cc(-n5c6ccc(C(C)(C)C)cc6c6cc(C(C)(C)C)ccc65)cc(c42)O3)cc(C(C)(C)C)c1. The van der Waals surface area contributed by atoms with Crippen LogP contribution in [0.15, 0.2) is 199 Å². The van der Waals surface area contributed by atoms with Crippen LogP contribution in [0.25, 0.3) is 82.8 Å². The molecule has 10 aromatic carbocycles. The van der Waals surface area contributed by atoms with E-state index in [2.05, 4.69) is 312 Å². The fraction of sp³-hybridized carbons (Fsp3) is 0.250. The molecule has 2 aliphatic rings. The van der Waals surface area contributed by atoms with Crippen molar-refractivity contribution in [2.24, 2.45) is 0 Å². The van der Waals surface area contributed by atoms with E-state index in [9.17, 15) is 0 Å². The lowest BCUT2D eigenvalue weighted by Crippen LogP contribution is -2.28. The number of furan rings is 1. The van der Waals surface area contributed by atoms with Crippen LogP contribution in [-0.4, -0.2) is 4.57 Å². The van der Waals surface area contributed by atoms with Crippen molar-refractivity contribution in [1.82, 2.24) is 4.57 Å². The number of hydrogen-bond acceptors (Lipinski definition) is 4. The first-order valence-electron chi connectivity index (χ1n) is 30.4. The van der Waals surface area contributed by atoms with Crippen LogP contribution in [0.3, 0.4) is 0 Å². The van der Waals surface area contributed by atoms with Gasteiger partial charge in [0, 0.05) is 38.7 Å². The Balaban J connectivity index is 1.15. The van der Waals surface area contributed by atoms with Crippen LogP contribution in [0.2, 0.25) is 0 Å². The highest BCUT2D eigenvalue weighted by Crippen LogP contribution is 2.65. The van der Waals surface area contributed by atoms with Gasteiger partial charge in [-0.05, 0) is 144 Å². The van der Waals surface area contributed by atoms with Crippen LogP contribution in [0.1, 0.15) is 132 Å². The van der Waals surface area contributed by atoms with Gasteiger partial charge in [-0.1, -0.05) is 225 Å². The molecule has 0 bridgehead atoms. The van der Waals surface area contributed by atoms with Crippen molar-refractivity contribution in [3.8, 4) is 50.6 Å². The van der Waals surface area contributed by atoms with E-state index in [1.165, 1.54) is 44.2 Å². The highest BCUT2D eigenvalue weighted by molar-refractivity contribution is 6.21. The topological polar surface area (TPSA) is 33.8 Å². The molecule has 5 nitrogen and oxygen atoms in total. The Morgan fingerprint density at radius 1 is 0.318 bits per heavy atom. The summed E-state index contributed by atoms with van der Waals surface area (Å²) >= 11 is 0. The van der Waals surface area contributed by atoms with E-state index < -0.39 is 0 Å². The van der Waals surface area contributed by atoms with Crippen molar-refractivity contribution in [2.45, 2.75) is 131 Å². The monoisotopic (exact) mass is 1110 g/mol. The molecule has 424 valence electrons. The van der Waals surface area contributed by atoms with Crippen molar-refractivity contribution in [1.29, 1.82) is 0 Å². The second-order valence-corrected chi connectivity index (χ2v) is 29.2. The average Bonchev–Trinajstić information content (AvgIpc) is 1.55. The van der Waals surface area contributed by atoms with Crippen molar-refractivity contribution in [3.05, 3.63) is 222 Å². The number of ether oxygens (including phenoxy) is 1. The third kappa shape index (κ3) is 8.95. The molecule has 0 radical (unpaired) electrons. The van der Waals surface area contributed by atoms with Crippen molar-refractivity contribution in [3.63, 3.8) is 0 Å². The molecule has 0 atom stereocenters. The van der Waals surface area contributed by atoms with Gasteiger partial charge in [0.25, 0.3) is 0 Å². The number of para-hydroxylation sites is 1. The van der Waals surface area contributed by atoms with Crippen LogP contribution in [0, 0.1) is 0 Å². The Morgan fingerprint density at radius 3 is 1.46 bits per heavy atom. The molecule has 0 amide bonds. The third-order valence-corrected chi connectivity index (χ3v) is 18.0. The highest BCUT2D eigenvalue weighted by atomic mass is 16.5. The van der Waals surface area contributed by atoms with Gasteiger partial charge < -0.3 is 18.6 Å². The van der Waals surface area contributed by atoms with E-state index >= 15 is 0 Å². The average molecular weight is 1110 g/mol. The Morgan fingerprint density at radius 2 is 0.859 bits per heavy atom. The molecular weight excluding hydrogens is 1030 g/mol. The van der Waals surface area contributed by atoms with Crippen LogP contribution in [0.5, 0.6) is 11.5 Å². The summed E-state index contributed by atoms with van der Waals surface area (Å²) in [7, 11) is 0. The first-order valence-corrected chi connectivity index (χ1v) is 30.4. The minimum absolute atomic E-state index is 0.0524. The van der Waals surface area contributed by atoms with Gasteiger partial charge in [-0.25, -0.2) is 0 Å². The quantitative estimate of drug-likeness (QED) is 0.172. The van der Waals surface area contributed by atoms with Crippen molar-refractivity contribution in [2.75, 3.05) is 9.80 Å². The summed E-state index contributed by atoms with van der Waals surface area (Å²) in [6.45, 7) is 34.8. The molecule has 0 saturated carbocycles. The lowest BCUT2D eigenvalue weighted by atomic mass is 9.79. The summed E-state index contributed by atoms with van der Waals surface area (Å²) in [5.41, 5.74) is 23.9. The van der Waals surface area contributed by atoms with Crippen molar-refractivity contribution >= 4 is 77.9 Å². The van der Waals surface area contributed by atoms with Crippen LogP contribution < -0.4 is 14.5 Å². The predicted molar refractivity (Wildman–Crippen MR) is 361 cm³/mol. The van der Waals surface area contributed by atoms with E-state index in [0.29, 0.717) is 0 Å². The second kappa shape index (κ2) is 18.9. The summed E-state index contributed by atoms with van der Waals surface area (Å²) in [5.74, 6) is 1.58. The van der Waals surface area contributed by atoms with E-state index in [4.69, 9.17) is 9.15 Å². The summed E-state index contributed by atoms with van der Waals surface area (Å²) in [5, 5.41) is 4.61. The second-order valence-electron chi connectivity index (χ2n) is 29.2. The maximum atomic E-state index is 7.59. The molecule has 0 fully saturated rings. The number of benzene rings is 10. The van der Waals surface area contributed by atoms with Gasteiger partial charge in [0.1, 0.15) is 16.9 Å². The van der Waals surface area contributed by atoms with E-state index in [1.807, 2.05) is 0 Å². The Hall–Kier alpha value is -8.80. The largest absolute Gasteiger partial charge is 0.456 e. The smallest absolute Gasteiger partial charge is 0.155 e. The number of rotatable bonds is 5. The fourth-order valence-electron chi connectivity index (χ4n) is 13.1. The maximum Gasteiger partial charge on any atom is 0.155 e. The molecule has 0 spiro atoms. The molecule has 12 aromatic rings. The molecule has 14 rings (SSSR count). The lowest BCUT2D eigenvalue weighted by molar-refractivity contribution is 0.476. The minimum Gasteiger partial charge on any atom is -0.456 e. The Bertz CT molecular complexity index is 4590. The number of anilines is 6. The summed E-state index contributed by atoms with van der Waals surface area (Å²) in [4.78, 5) is 5.11. The van der Waals surface area contributed by atoms with Gasteiger partial charge in [0.15, 0.2) is 11.5 Å². The molecule has 0 N–H and O–H groups in total. The normalized spacial score (nSPS) is 13.6. The molecule has 0 aliphatic carbocycles. The molecule has 0 saturated heterocycles. The molecule has 4 heterocycles. The first kappa shape index (κ1) is 54.2. The molecule has 5 heteroatoms. The molecule has 2 aromatic heterocycles. The zero-order chi connectivity index (χ0) is 59.4. The fourth-order valence-corrected chi connectivity index (χ4v) is 13.1. The minimum atomic E-state index is -0.192. The van der Waals surface area contributed by atoms with E-state index in [0.717, 1.165) is 112 Å². The zero-order valence-electron chi connectivity index (χ0n) is 52.1. The number of nitrogens with zero attached hydrogens (tertiary/aromatic N) is 3. The van der Waals surface area contributed by atoms with Crippen molar-refractivity contribution < 1.29 is 9.15 Å². The number of hydrogen-bond donors (Lipinski definition) is 0. The summed E-state index contributed by atoms with van der Waals surface area (Å²) in [6.07, 6.45) is 0. The maximum absolute atomic E-state index is 7.59. The number of fused-ring (bicyclic) bond motifs is 10. The van der Waals surface area contributed by atoms with Gasteiger partial charge in [0.05, 0.1) is 45.2 Å². The summed E-state index contributed by atoms with van der Waals surface area (Å²) in [6, 6.07) is 72.9. The zero-order valence-corrected chi connectivity index (χ0v) is 52.1. The molecule has 0 unspecified atom stereocenters. The lowest BCUT2D eigenvalue weighted by Gasteiger charge is -2.45.